The molecule has 1 aromatic rings. The average molecular weight is 722 g/mol. The lowest BCUT2D eigenvalue weighted by Crippen LogP contribution is -2.58. The van der Waals surface area contributed by atoms with Gasteiger partial charge in [-0.15, -0.1) is 0 Å². The topological polar surface area (TPSA) is 181 Å². The maximum absolute atomic E-state index is 14.0. The minimum Gasteiger partial charge on any atom is -0.450 e. The van der Waals surface area contributed by atoms with Crippen LogP contribution in [0.3, 0.4) is 0 Å². The van der Waals surface area contributed by atoms with E-state index in [1.54, 1.807) is 6.92 Å². The molecule has 5 amide bonds. The van der Waals surface area contributed by atoms with E-state index in [0.29, 0.717) is 32.1 Å². The van der Waals surface area contributed by atoms with Crippen molar-refractivity contribution in [2.75, 3.05) is 13.2 Å². The van der Waals surface area contributed by atoms with E-state index in [4.69, 9.17) is 9.47 Å². The van der Waals surface area contributed by atoms with Gasteiger partial charge in [-0.05, 0) is 54.7 Å². The second kappa shape index (κ2) is 14.2. The number of nitrogens with zero attached hydrogens (tertiary/aromatic N) is 2. The quantitative estimate of drug-likeness (QED) is 0.364. The zero-order chi connectivity index (χ0) is 35.8. The molecule has 3 N–H and O–H groups in total. The van der Waals surface area contributed by atoms with E-state index in [1.165, 1.54) is 4.90 Å². The molecule has 1 saturated heterocycles. The molecule has 272 valence electrons. The zero-order valence-electron chi connectivity index (χ0n) is 27.6. The van der Waals surface area contributed by atoms with E-state index in [9.17, 15) is 41.2 Å². The molecule has 3 aliphatic heterocycles. The van der Waals surface area contributed by atoms with Gasteiger partial charge in [0.05, 0.1) is 24.9 Å². The Hall–Kier alpha value is -4.28. The van der Waals surface area contributed by atoms with Gasteiger partial charge < -0.3 is 25.0 Å². The number of carbonyl (C=O) groups is 5. The van der Waals surface area contributed by atoms with Crippen molar-refractivity contribution in [3.8, 4) is 0 Å². The monoisotopic (exact) mass is 721 g/mol. The lowest BCUT2D eigenvalue weighted by Gasteiger charge is -2.29. The number of ether oxygens (including phenoxy) is 2. The number of benzene rings is 1. The smallest absolute Gasteiger partial charge is 0.410 e. The number of hydrogen-bond donors (Lipinski definition) is 3. The minimum absolute atomic E-state index is 0.0508. The van der Waals surface area contributed by atoms with Crippen molar-refractivity contribution in [2.24, 2.45) is 5.92 Å². The fourth-order valence-electron chi connectivity index (χ4n) is 6.98. The van der Waals surface area contributed by atoms with E-state index in [0.717, 1.165) is 21.6 Å². The van der Waals surface area contributed by atoms with E-state index in [-0.39, 0.29) is 39.1 Å². The van der Waals surface area contributed by atoms with Crippen molar-refractivity contribution in [3.63, 3.8) is 0 Å². The molecule has 50 heavy (non-hydrogen) atoms. The van der Waals surface area contributed by atoms with E-state index >= 15 is 0 Å². The minimum atomic E-state index is -3.94. The number of nitrogens with one attached hydrogen (secondary N) is 3. The van der Waals surface area contributed by atoms with Crippen LogP contribution in [0.1, 0.15) is 75.0 Å². The van der Waals surface area contributed by atoms with Crippen LogP contribution >= 0.6 is 0 Å². The summed E-state index contributed by atoms with van der Waals surface area (Å²) in [5.74, 6) is -3.17. The van der Waals surface area contributed by atoms with E-state index in [2.05, 4.69) is 15.4 Å². The molecule has 2 aliphatic carbocycles. The first kappa shape index (κ1) is 35.5. The third-order valence-corrected chi connectivity index (χ3v) is 11.8. The second-order valence-electron chi connectivity index (χ2n) is 13.5. The van der Waals surface area contributed by atoms with Crippen molar-refractivity contribution in [2.45, 2.75) is 107 Å². The Morgan fingerprint density at radius 3 is 2.64 bits per heavy atom. The Balaban J connectivity index is 1.26. The Morgan fingerprint density at radius 1 is 1.16 bits per heavy atom. The van der Waals surface area contributed by atoms with Gasteiger partial charge in [-0.1, -0.05) is 43.7 Å². The highest BCUT2D eigenvalue weighted by atomic mass is 32.2. The molecule has 0 unspecified atom stereocenters. The van der Waals surface area contributed by atoms with Crippen molar-refractivity contribution < 1.29 is 50.6 Å². The zero-order valence-corrected chi connectivity index (χ0v) is 28.4. The third-order valence-electron chi connectivity index (χ3n) is 9.99. The summed E-state index contributed by atoms with van der Waals surface area (Å²) in [5.41, 5.74) is 1.20. The van der Waals surface area contributed by atoms with Gasteiger partial charge in [0.2, 0.25) is 28.3 Å². The summed E-state index contributed by atoms with van der Waals surface area (Å²) < 4.78 is 65.7. The predicted octanol–water partition coefficient (Wildman–Crippen LogP) is 2.56. The largest absolute Gasteiger partial charge is 0.450 e. The Kier molecular flexibility index (Phi) is 10.1. The molecule has 14 nitrogen and oxygen atoms in total. The molecule has 3 heterocycles. The number of fused-ring (bicyclic) bond motifs is 3. The lowest BCUT2D eigenvalue weighted by atomic mass is 10.0. The van der Waals surface area contributed by atoms with Gasteiger partial charge in [-0.3, -0.25) is 24.0 Å². The molecule has 5 aliphatic rings. The number of cyclic esters (lactones) is 1. The van der Waals surface area contributed by atoms with Crippen molar-refractivity contribution in [3.05, 3.63) is 41.0 Å². The Labute approximate surface area is 288 Å². The molecule has 0 aromatic heterocycles. The van der Waals surface area contributed by atoms with E-state index in [1.807, 2.05) is 30.4 Å². The van der Waals surface area contributed by atoms with Crippen molar-refractivity contribution in [1.29, 1.82) is 0 Å². The highest BCUT2D eigenvalue weighted by molar-refractivity contribution is 7.91. The van der Waals surface area contributed by atoms with Gasteiger partial charge in [-0.25, -0.2) is 26.8 Å². The summed E-state index contributed by atoms with van der Waals surface area (Å²) >= 11 is 0. The summed E-state index contributed by atoms with van der Waals surface area (Å²) in [6.45, 7) is 1.89. The van der Waals surface area contributed by atoms with Gasteiger partial charge >= 0.3 is 12.2 Å². The molecular formula is C33H41F2N5O9S. The summed E-state index contributed by atoms with van der Waals surface area (Å²) in [7, 11) is -3.94. The maximum Gasteiger partial charge on any atom is 0.410 e. The highest BCUT2D eigenvalue weighted by Crippen LogP contribution is 2.47. The van der Waals surface area contributed by atoms with E-state index < -0.39 is 87.7 Å². The fourth-order valence-corrected chi connectivity index (χ4v) is 8.34. The number of amides is 5. The molecule has 0 radical (unpaired) electrons. The van der Waals surface area contributed by atoms with Gasteiger partial charge in [0.25, 0.3) is 5.91 Å². The molecule has 17 heteroatoms. The second-order valence-corrected chi connectivity index (χ2v) is 15.5. The molecule has 1 aromatic carbocycles. The highest BCUT2D eigenvalue weighted by Gasteiger charge is 2.62. The van der Waals surface area contributed by atoms with Gasteiger partial charge in [-0.2, -0.15) is 0 Å². The maximum atomic E-state index is 14.0. The number of halogens is 2. The fraction of sp³-hybridized carbons (Fsp3) is 0.606. The van der Waals surface area contributed by atoms with Gasteiger partial charge in [0.1, 0.15) is 23.7 Å². The summed E-state index contributed by atoms with van der Waals surface area (Å²) in [6, 6.07) is 2.51. The first-order valence-electron chi connectivity index (χ1n) is 16.9. The Morgan fingerprint density at radius 2 is 1.94 bits per heavy atom. The summed E-state index contributed by atoms with van der Waals surface area (Å²) in [6.07, 6.45) is -1.01. The molecule has 2 saturated carbocycles. The van der Waals surface area contributed by atoms with Crippen molar-refractivity contribution in [1.82, 2.24) is 25.2 Å². The van der Waals surface area contributed by atoms with Crippen LogP contribution in [0, 0.1) is 5.92 Å². The third kappa shape index (κ3) is 7.56. The number of hydrogen-bond acceptors (Lipinski definition) is 9. The molecule has 4 bridgehead atoms. The van der Waals surface area contributed by atoms with Crippen LogP contribution in [0.15, 0.2) is 24.3 Å². The summed E-state index contributed by atoms with van der Waals surface area (Å²) in [4.78, 5) is 69.7. The van der Waals surface area contributed by atoms with Crippen LogP contribution < -0.4 is 15.4 Å². The lowest BCUT2D eigenvalue weighted by molar-refractivity contribution is -0.141. The number of carbonyl (C=O) groups excluding carboxylic acids is 5. The first-order valence-corrected chi connectivity index (χ1v) is 18.5. The first-order chi connectivity index (χ1) is 23.8. The van der Waals surface area contributed by atoms with Crippen LogP contribution in [-0.2, 0) is 47.0 Å². The average Bonchev–Trinajstić information content (AvgIpc) is 3.95. The molecule has 5 atom stereocenters. The van der Waals surface area contributed by atoms with Gasteiger partial charge in [0, 0.05) is 19.4 Å². The number of alkyl halides is 2. The standard InChI is InChI=1S/C33H41F2N5O9S/c1-2-21-15-33(21,30(43)38-50(46,47)23-10-11-23)37-28(41)26-13-22-17-40(26)29(42)25(14-27(34)35)36-31(44)48-12-5-3-4-7-19-8-6-9-20-16-39(18-24(19)20)32(45)49-22/h4,6-9,21-23,25-27H,2-3,5,10-18H2,1H3,(H,36,44)(H,37,41)(H,38,43)/t21-,22-,25+,26+,33-/m1/s1. The van der Waals surface area contributed by atoms with Crippen LogP contribution in [0.5, 0.6) is 0 Å². The van der Waals surface area contributed by atoms with Crippen LogP contribution in [0.2, 0.25) is 0 Å². The number of allylic oxidation sites excluding steroid dienone is 1. The molecular weight excluding hydrogens is 680 g/mol. The number of sulfonamides is 1. The predicted molar refractivity (Wildman–Crippen MR) is 173 cm³/mol. The molecule has 6 rings (SSSR count). The number of rotatable bonds is 8. The molecule has 3 fully saturated rings. The van der Waals surface area contributed by atoms with Crippen LogP contribution in [0.25, 0.3) is 6.08 Å². The number of alkyl carbamates (subject to hydrolysis) is 1. The van der Waals surface area contributed by atoms with Gasteiger partial charge in [0.15, 0.2) is 0 Å². The SMILES string of the molecule is CC[C@@H]1C[C@]1(NC(=O)[C@@H]1C[C@@H]2CN1C(=O)[C@H](CC(F)F)NC(=O)OCCCC=Cc1cccc3c1CN(C3)C(=O)O2)C(=O)NS(=O)(=O)C1CC1. The van der Waals surface area contributed by atoms with Crippen molar-refractivity contribution >= 4 is 46.0 Å². The molecule has 0 spiro atoms. The van der Waals surface area contributed by atoms with Crippen LogP contribution in [-0.4, -0.2) is 96.7 Å². The normalized spacial score (nSPS) is 28.6. The Bertz CT molecular complexity index is 1690. The summed E-state index contributed by atoms with van der Waals surface area (Å²) in [5, 5.41) is 4.17. The van der Waals surface area contributed by atoms with Crippen LogP contribution in [0.4, 0.5) is 18.4 Å².